The SMILES string of the molecule is Cc1ccccc1Cn1c(COc2ccccc2C)nc2ccccc21. The Bertz CT molecular complexity index is 1050. The van der Waals surface area contributed by atoms with Crippen LogP contribution < -0.4 is 4.74 Å². The van der Waals surface area contributed by atoms with Crippen LogP contribution in [0.15, 0.2) is 72.8 Å². The molecule has 1 aromatic heterocycles. The first kappa shape index (κ1) is 16.4. The van der Waals surface area contributed by atoms with Crippen LogP contribution >= 0.6 is 0 Å². The Labute approximate surface area is 153 Å². The number of nitrogens with zero attached hydrogens (tertiary/aromatic N) is 2. The lowest BCUT2D eigenvalue weighted by molar-refractivity contribution is 0.289. The van der Waals surface area contributed by atoms with Crippen molar-refractivity contribution in [3.63, 3.8) is 0 Å². The van der Waals surface area contributed by atoms with Gasteiger partial charge in [-0.25, -0.2) is 4.98 Å². The second-order valence-electron chi connectivity index (χ2n) is 6.58. The van der Waals surface area contributed by atoms with Crippen LogP contribution in [-0.4, -0.2) is 9.55 Å². The van der Waals surface area contributed by atoms with Crippen molar-refractivity contribution in [1.82, 2.24) is 9.55 Å². The van der Waals surface area contributed by atoms with Gasteiger partial charge in [0.1, 0.15) is 18.2 Å². The lowest BCUT2D eigenvalue weighted by atomic mass is 10.1. The average molecular weight is 342 g/mol. The van der Waals surface area contributed by atoms with Crippen LogP contribution in [0.25, 0.3) is 11.0 Å². The molecule has 0 saturated heterocycles. The fraction of sp³-hybridized carbons (Fsp3) is 0.174. The molecular formula is C23H22N2O. The van der Waals surface area contributed by atoms with E-state index >= 15 is 0 Å². The second-order valence-corrected chi connectivity index (χ2v) is 6.58. The minimum absolute atomic E-state index is 0.450. The third-order valence-corrected chi connectivity index (χ3v) is 4.77. The van der Waals surface area contributed by atoms with Crippen LogP contribution in [0.5, 0.6) is 5.75 Å². The summed E-state index contributed by atoms with van der Waals surface area (Å²) in [5, 5.41) is 0. The van der Waals surface area contributed by atoms with Gasteiger partial charge in [-0.15, -0.1) is 0 Å². The van der Waals surface area contributed by atoms with E-state index < -0.39 is 0 Å². The number of para-hydroxylation sites is 3. The largest absolute Gasteiger partial charge is 0.485 e. The van der Waals surface area contributed by atoms with E-state index in [1.54, 1.807) is 0 Å². The number of ether oxygens (including phenoxy) is 1. The van der Waals surface area contributed by atoms with E-state index in [4.69, 9.17) is 9.72 Å². The van der Waals surface area contributed by atoms with Crippen LogP contribution in [0.2, 0.25) is 0 Å². The van der Waals surface area contributed by atoms with E-state index in [9.17, 15) is 0 Å². The van der Waals surface area contributed by atoms with Crippen molar-refractivity contribution in [2.75, 3.05) is 0 Å². The maximum Gasteiger partial charge on any atom is 0.148 e. The summed E-state index contributed by atoms with van der Waals surface area (Å²) >= 11 is 0. The van der Waals surface area contributed by atoms with Crippen molar-refractivity contribution in [3.05, 3.63) is 95.3 Å². The Morgan fingerprint density at radius 1 is 0.808 bits per heavy atom. The maximum atomic E-state index is 6.08. The summed E-state index contributed by atoms with van der Waals surface area (Å²) in [5.41, 5.74) is 5.86. The molecule has 3 aromatic carbocycles. The highest BCUT2D eigenvalue weighted by Gasteiger charge is 2.12. The average Bonchev–Trinajstić information content (AvgIpc) is 3.01. The van der Waals surface area contributed by atoms with Crippen LogP contribution in [0, 0.1) is 13.8 Å². The third kappa shape index (κ3) is 3.21. The van der Waals surface area contributed by atoms with Crippen molar-refractivity contribution >= 4 is 11.0 Å². The molecule has 0 aliphatic rings. The number of aryl methyl sites for hydroxylation is 2. The fourth-order valence-corrected chi connectivity index (χ4v) is 3.23. The molecule has 0 bridgehead atoms. The van der Waals surface area contributed by atoms with E-state index in [1.165, 1.54) is 11.1 Å². The first-order valence-corrected chi connectivity index (χ1v) is 8.89. The zero-order valence-electron chi connectivity index (χ0n) is 15.1. The molecule has 0 aliphatic carbocycles. The van der Waals surface area contributed by atoms with Crippen LogP contribution in [0.4, 0.5) is 0 Å². The molecule has 0 fully saturated rings. The molecule has 3 heteroatoms. The molecule has 130 valence electrons. The summed E-state index contributed by atoms with van der Waals surface area (Å²) in [6.07, 6.45) is 0. The van der Waals surface area contributed by atoms with Crippen molar-refractivity contribution in [1.29, 1.82) is 0 Å². The molecule has 26 heavy (non-hydrogen) atoms. The Hall–Kier alpha value is -3.07. The van der Waals surface area contributed by atoms with Crippen LogP contribution in [-0.2, 0) is 13.2 Å². The van der Waals surface area contributed by atoms with Gasteiger partial charge in [0, 0.05) is 6.54 Å². The normalized spacial score (nSPS) is 11.0. The van der Waals surface area contributed by atoms with Gasteiger partial charge in [-0.3, -0.25) is 0 Å². The zero-order chi connectivity index (χ0) is 17.9. The Kier molecular flexibility index (Phi) is 4.44. The zero-order valence-corrected chi connectivity index (χ0v) is 15.1. The first-order chi connectivity index (χ1) is 12.7. The molecule has 3 nitrogen and oxygen atoms in total. The van der Waals surface area contributed by atoms with Gasteiger partial charge in [-0.2, -0.15) is 0 Å². The summed E-state index contributed by atoms with van der Waals surface area (Å²) < 4.78 is 8.34. The standard InChI is InChI=1S/C23H22N2O/c1-17-9-3-5-11-19(17)15-25-21-13-7-6-12-20(21)24-23(25)16-26-22-14-8-4-10-18(22)2/h3-14H,15-16H2,1-2H3. The summed E-state index contributed by atoms with van der Waals surface area (Å²) in [6, 6.07) is 24.8. The number of aromatic nitrogens is 2. The minimum Gasteiger partial charge on any atom is -0.485 e. The van der Waals surface area contributed by atoms with Crippen LogP contribution in [0.3, 0.4) is 0 Å². The number of hydrogen-bond donors (Lipinski definition) is 0. The highest BCUT2D eigenvalue weighted by Crippen LogP contribution is 2.22. The number of rotatable bonds is 5. The molecule has 0 radical (unpaired) electrons. The van der Waals surface area contributed by atoms with E-state index in [1.807, 2.05) is 24.3 Å². The number of benzene rings is 3. The van der Waals surface area contributed by atoms with E-state index in [2.05, 4.69) is 66.9 Å². The number of fused-ring (bicyclic) bond motifs is 1. The predicted octanol–water partition coefficient (Wildman–Crippen LogP) is 5.28. The third-order valence-electron chi connectivity index (χ3n) is 4.77. The summed E-state index contributed by atoms with van der Waals surface area (Å²) in [7, 11) is 0. The molecule has 0 N–H and O–H groups in total. The number of imidazole rings is 1. The summed E-state index contributed by atoms with van der Waals surface area (Å²) in [6.45, 7) is 5.45. The molecule has 0 saturated carbocycles. The molecule has 1 heterocycles. The van der Waals surface area contributed by atoms with E-state index in [0.29, 0.717) is 6.61 Å². The van der Waals surface area contributed by atoms with Gasteiger partial charge in [-0.05, 0) is 48.7 Å². The lowest BCUT2D eigenvalue weighted by Gasteiger charge is -2.13. The van der Waals surface area contributed by atoms with Crippen molar-refractivity contribution < 1.29 is 4.74 Å². The van der Waals surface area contributed by atoms with Gasteiger partial charge < -0.3 is 9.30 Å². The monoisotopic (exact) mass is 342 g/mol. The smallest absolute Gasteiger partial charge is 0.148 e. The first-order valence-electron chi connectivity index (χ1n) is 8.89. The van der Waals surface area contributed by atoms with Gasteiger partial charge in [0.05, 0.1) is 11.0 Å². The van der Waals surface area contributed by atoms with E-state index in [0.717, 1.165) is 34.7 Å². The molecule has 0 amide bonds. The summed E-state index contributed by atoms with van der Waals surface area (Å²) in [4.78, 5) is 4.82. The quantitative estimate of drug-likeness (QED) is 0.493. The van der Waals surface area contributed by atoms with Crippen molar-refractivity contribution in [2.45, 2.75) is 27.0 Å². The topological polar surface area (TPSA) is 27.1 Å². The molecule has 0 atom stereocenters. The van der Waals surface area contributed by atoms with Gasteiger partial charge >= 0.3 is 0 Å². The second kappa shape index (κ2) is 7.04. The Morgan fingerprint density at radius 3 is 2.31 bits per heavy atom. The van der Waals surface area contributed by atoms with Gasteiger partial charge in [0.15, 0.2) is 0 Å². The molecule has 4 aromatic rings. The molecule has 0 spiro atoms. The highest BCUT2D eigenvalue weighted by atomic mass is 16.5. The number of hydrogen-bond acceptors (Lipinski definition) is 2. The molecule has 0 aliphatic heterocycles. The van der Waals surface area contributed by atoms with Gasteiger partial charge in [0.2, 0.25) is 0 Å². The van der Waals surface area contributed by atoms with Crippen LogP contribution in [0.1, 0.15) is 22.5 Å². The molecule has 0 unspecified atom stereocenters. The molecule has 4 rings (SSSR count). The maximum absolute atomic E-state index is 6.08. The molecular weight excluding hydrogens is 320 g/mol. The highest BCUT2D eigenvalue weighted by molar-refractivity contribution is 5.76. The van der Waals surface area contributed by atoms with Crippen molar-refractivity contribution in [3.8, 4) is 5.75 Å². The van der Waals surface area contributed by atoms with Gasteiger partial charge in [0.25, 0.3) is 0 Å². The minimum atomic E-state index is 0.450. The fourth-order valence-electron chi connectivity index (χ4n) is 3.23. The summed E-state index contributed by atoms with van der Waals surface area (Å²) in [5.74, 6) is 1.85. The predicted molar refractivity (Wildman–Crippen MR) is 106 cm³/mol. The van der Waals surface area contributed by atoms with Crippen molar-refractivity contribution in [2.24, 2.45) is 0 Å². The lowest BCUT2D eigenvalue weighted by Crippen LogP contribution is -2.09. The Balaban J connectivity index is 1.70. The van der Waals surface area contributed by atoms with Gasteiger partial charge in [-0.1, -0.05) is 54.6 Å². The Morgan fingerprint density at radius 2 is 1.50 bits per heavy atom. The van der Waals surface area contributed by atoms with E-state index in [-0.39, 0.29) is 0 Å².